The van der Waals surface area contributed by atoms with E-state index in [4.69, 9.17) is 4.74 Å². The van der Waals surface area contributed by atoms with Gasteiger partial charge in [-0.05, 0) is 18.1 Å². The van der Waals surface area contributed by atoms with Crippen LogP contribution in [-0.2, 0) is 17.7 Å². The molecule has 0 amide bonds. The molecule has 0 radical (unpaired) electrons. The first kappa shape index (κ1) is 11.8. The Bertz CT molecular complexity index is 356. The van der Waals surface area contributed by atoms with Crippen LogP contribution in [-0.4, -0.2) is 37.5 Å². The van der Waals surface area contributed by atoms with E-state index in [1.807, 2.05) is 6.07 Å². The predicted molar refractivity (Wildman–Crippen MR) is 65.2 cm³/mol. The molecule has 1 fully saturated rings. The summed E-state index contributed by atoms with van der Waals surface area (Å²) in [5, 5.41) is 0. The maximum absolute atomic E-state index is 10.8. The van der Waals surface area contributed by atoms with Crippen LogP contribution in [0.2, 0.25) is 0 Å². The Kier molecular flexibility index (Phi) is 4.09. The van der Waals surface area contributed by atoms with E-state index in [0.29, 0.717) is 0 Å². The molecule has 1 aromatic heterocycles. The molecule has 0 spiro atoms. The largest absolute Gasteiger partial charge is 0.379 e. The van der Waals surface area contributed by atoms with Crippen LogP contribution in [0.1, 0.15) is 27.0 Å². The van der Waals surface area contributed by atoms with E-state index in [0.717, 1.165) is 50.4 Å². The number of carbonyl (C=O) groups is 1. The topological polar surface area (TPSA) is 29.5 Å². The van der Waals surface area contributed by atoms with Crippen molar-refractivity contribution in [2.75, 3.05) is 26.3 Å². The van der Waals surface area contributed by atoms with Crippen molar-refractivity contribution in [2.24, 2.45) is 0 Å². The zero-order chi connectivity index (χ0) is 11.4. The second-order valence-corrected chi connectivity index (χ2v) is 5.13. The van der Waals surface area contributed by atoms with Crippen LogP contribution in [0.4, 0.5) is 0 Å². The molecule has 0 aliphatic carbocycles. The standard InChI is InChI=1S/C12H17NO2S/c1-2-12-10(7-11(9-14)16-12)8-13-3-5-15-6-4-13/h7,9H,2-6,8H2,1H3. The Balaban J connectivity index is 2.06. The van der Waals surface area contributed by atoms with Gasteiger partial charge in [-0.3, -0.25) is 9.69 Å². The van der Waals surface area contributed by atoms with Crippen LogP contribution in [0, 0.1) is 0 Å². The molecular formula is C12H17NO2S. The smallest absolute Gasteiger partial charge is 0.160 e. The van der Waals surface area contributed by atoms with Gasteiger partial charge in [-0.2, -0.15) is 0 Å². The lowest BCUT2D eigenvalue weighted by Gasteiger charge is -2.26. The summed E-state index contributed by atoms with van der Waals surface area (Å²) in [6.07, 6.45) is 1.96. The lowest BCUT2D eigenvalue weighted by atomic mass is 10.2. The summed E-state index contributed by atoms with van der Waals surface area (Å²) in [4.78, 5) is 15.3. The molecule has 88 valence electrons. The highest BCUT2D eigenvalue weighted by Crippen LogP contribution is 2.23. The Morgan fingerprint density at radius 2 is 2.25 bits per heavy atom. The summed E-state index contributed by atoms with van der Waals surface area (Å²) in [5.74, 6) is 0. The van der Waals surface area contributed by atoms with Gasteiger partial charge in [-0.25, -0.2) is 0 Å². The fraction of sp³-hybridized carbons (Fsp3) is 0.583. The molecule has 1 saturated heterocycles. The number of rotatable bonds is 4. The van der Waals surface area contributed by atoms with Gasteiger partial charge >= 0.3 is 0 Å². The van der Waals surface area contributed by atoms with E-state index in [9.17, 15) is 4.79 Å². The van der Waals surface area contributed by atoms with Gasteiger partial charge in [0.1, 0.15) is 0 Å². The van der Waals surface area contributed by atoms with Gasteiger partial charge in [0.2, 0.25) is 0 Å². The van der Waals surface area contributed by atoms with Gasteiger partial charge in [0.25, 0.3) is 0 Å². The number of carbonyl (C=O) groups excluding carboxylic acids is 1. The number of aldehydes is 1. The third-order valence-electron chi connectivity index (χ3n) is 2.85. The van der Waals surface area contributed by atoms with Crippen molar-refractivity contribution in [2.45, 2.75) is 19.9 Å². The quantitative estimate of drug-likeness (QED) is 0.752. The molecule has 2 rings (SSSR count). The van der Waals surface area contributed by atoms with Crippen LogP contribution in [0.5, 0.6) is 0 Å². The van der Waals surface area contributed by atoms with E-state index in [-0.39, 0.29) is 0 Å². The number of hydrogen-bond donors (Lipinski definition) is 0. The molecular weight excluding hydrogens is 222 g/mol. The van der Waals surface area contributed by atoms with E-state index in [1.54, 1.807) is 11.3 Å². The molecule has 0 saturated carbocycles. The van der Waals surface area contributed by atoms with Crippen molar-refractivity contribution in [1.29, 1.82) is 0 Å². The lowest BCUT2D eigenvalue weighted by molar-refractivity contribution is 0.0341. The normalized spacial score (nSPS) is 17.6. The van der Waals surface area contributed by atoms with E-state index in [2.05, 4.69) is 11.8 Å². The Morgan fingerprint density at radius 3 is 2.88 bits per heavy atom. The molecule has 1 aliphatic rings. The van der Waals surface area contributed by atoms with Gasteiger partial charge < -0.3 is 4.74 Å². The average Bonchev–Trinajstić information content (AvgIpc) is 2.73. The molecule has 3 nitrogen and oxygen atoms in total. The summed E-state index contributed by atoms with van der Waals surface area (Å²) in [5.41, 5.74) is 1.32. The Morgan fingerprint density at radius 1 is 1.50 bits per heavy atom. The minimum absolute atomic E-state index is 0.826. The summed E-state index contributed by atoms with van der Waals surface area (Å²) in [7, 11) is 0. The summed E-state index contributed by atoms with van der Waals surface area (Å²) < 4.78 is 5.33. The molecule has 0 unspecified atom stereocenters. The predicted octanol–water partition coefficient (Wildman–Crippen LogP) is 1.96. The fourth-order valence-corrected chi connectivity index (χ4v) is 2.91. The van der Waals surface area contributed by atoms with Crippen LogP contribution in [0.25, 0.3) is 0 Å². The Labute approximate surface area is 100 Å². The molecule has 0 N–H and O–H groups in total. The monoisotopic (exact) mass is 239 g/mol. The van der Waals surface area contributed by atoms with Gasteiger partial charge in [-0.15, -0.1) is 11.3 Å². The SMILES string of the molecule is CCc1sc(C=O)cc1CN1CCOCC1. The van der Waals surface area contributed by atoms with E-state index >= 15 is 0 Å². The highest BCUT2D eigenvalue weighted by molar-refractivity contribution is 7.13. The minimum Gasteiger partial charge on any atom is -0.379 e. The first-order chi connectivity index (χ1) is 7.83. The third-order valence-corrected chi connectivity index (χ3v) is 4.10. The molecule has 4 heteroatoms. The van der Waals surface area contributed by atoms with Crippen molar-refractivity contribution < 1.29 is 9.53 Å². The Hall–Kier alpha value is -0.710. The molecule has 2 heterocycles. The third kappa shape index (κ3) is 2.70. The number of morpholine rings is 1. The molecule has 0 atom stereocenters. The fourth-order valence-electron chi connectivity index (χ4n) is 1.98. The van der Waals surface area contributed by atoms with Crippen LogP contribution >= 0.6 is 11.3 Å². The van der Waals surface area contributed by atoms with Crippen molar-refractivity contribution in [3.8, 4) is 0 Å². The van der Waals surface area contributed by atoms with Gasteiger partial charge in [-0.1, -0.05) is 6.92 Å². The van der Waals surface area contributed by atoms with Crippen molar-refractivity contribution in [3.63, 3.8) is 0 Å². The average molecular weight is 239 g/mol. The summed E-state index contributed by atoms with van der Waals surface area (Å²) >= 11 is 1.62. The molecule has 0 bridgehead atoms. The zero-order valence-electron chi connectivity index (χ0n) is 9.57. The maximum Gasteiger partial charge on any atom is 0.160 e. The van der Waals surface area contributed by atoms with Gasteiger partial charge in [0.05, 0.1) is 18.1 Å². The van der Waals surface area contributed by atoms with Gasteiger partial charge in [0, 0.05) is 24.5 Å². The van der Waals surface area contributed by atoms with Gasteiger partial charge in [0.15, 0.2) is 6.29 Å². The molecule has 0 aromatic carbocycles. The number of aryl methyl sites for hydroxylation is 1. The number of nitrogens with zero attached hydrogens (tertiary/aromatic N) is 1. The number of ether oxygens (including phenoxy) is 1. The molecule has 1 aliphatic heterocycles. The molecule has 16 heavy (non-hydrogen) atoms. The van der Waals surface area contributed by atoms with Crippen LogP contribution in [0.15, 0.2) is 6.07 Å². The first-order valence-corrected chi connectivity index (χ1v) is 6.52. The highest BCUT2D eigenvalue weighted by atomic mass is 32.1. The molecule has 1 aromatic rings. The number of hydrogen-bond acceptors (Lipinski definition) is 4. The van der Waals surface area contributed by atoms with Crippen molar-refractivity contribution >= 4 is 17.6 Å². The highest BCUT2D eigenvalue weighted by Gasteiger charge is 2.14. The summed E-state index contributed by atoms with van der Waals surface area (Å²) in [6, 6.07) is 2.03. The van der Waals surface area contributed by atoms with Crippen molar-refractivity contribution in [1.82, 2.24) is 4.90 Å². The lowest BCUT2D eigenvalue weighted by Crippen LogP contribution is -2.35. The summed E-state index contributed by atoms with van der Waals surface area (Å²) in [6.45, 7) is 6.74. The maximum atomic E-state index is 10.8. The number of thiophene rings is 1. The first-order valence-electron chi connectivity index (χ1n) is 5.70. The van der Waals surface area contributed by atoms with Crippen molar-refractivity contribution in [3.05, 3.63) is 21.4 Å². The minimum atomic E-state index is 0.826. The van der Waals surface area contributed by atoms with Crippen LogP contribution < -0.4 is 0 Å². The second kappa shape index (κ2) is 5.57. The zero-order valence-corrected chi connectivity index (χ0v) is 10.4. The second-order valence-electron chi connectivity index (χ2n) is 3.96. The van der Waals surface area contributed by atoms with Crippen LogP contribution in [0.3, 0.4) is 0 Å². The van der Waals surface area contributed by atoms with E-state index < -0.39 is 0 Å². The van der Waals surface area contributed by atoms with E-state index in [1.165, 1.54) is 10.4 Å².